The van der Waals surface area contributed by atoms with Crippen molar-refractivity contribution in [3.05, 3.63) is 215 Å². The Hall–Kier alpha value is -8.08. The van der Waals surface area contributed by atoms with Crippen molar-refractivity contribution in [2.45, 2.75) is 225 Å². The fourth-order valence-electron chi connectivity index (χ4n) is 8.94. The predicted octanol–water partition coefficient (Wildman–Crippen LogP) is 18.6. The molecule has 17 nitrogen and oxygen atoms in total. The number of pyridine rings is 3. The molecule has 0 aliphatic rings. The Kier molecular flexibility index (Phi) is 39.0. The third kappa shape index (κ3) is 32.9. The van der Waals surface area contributed by atoms with Crippen LogP contribution in [0, 0.1) is 27.7 Å². The average molecular weight is 1270 g/mol. The summed E-state index contributed by atoms with van der Waals surface area (Å²) in [5.74, 6) is 7.91. The van der Waals surface area contributed by atoms with E-state index in [4.69, 9.17) is 0 Å². The van der Waals surface area contributed by atoms with Crippen molar-refractivity contribution in [1.82, 2.24) is 83.1 Å². The van der Waals surface area contributed by atoms with Crippen molar-refractivity contribution < 1.29 is 0 Å². The van der Waals surface area contributed by atoms with Gasteiger partial charge in [0.05, 0.1) is 23.9 Å². The van der Waals surface area contributed by atoms with Crippen LogP contribution in [-0.2, 0) is 42.3 Å². The molecule has 0 spiro atoms. The molecule has 0 saturated heterocycles. The van der Waals surface area contributed by atoms with Gasteiger partial charge in [-0.05, 0) is 152 Å². The van der Waals surface area contributed by atoms with Gasteiger partial charge in [0, 0.05) is 145 Å². The van der Waals surface area contributed by atoms with E-state index in [0.717, 1.165) is 28.7 Å². The van der Waals surface area contributed by atoms with Gasteiger partial charge in [-0.1, -0.05) is 151 Å². The minimum absolute atomic E-state index is 0.547. The lowest BCUT2D eigenvalue weighted by molar-refractivity contribution is 0.665. The van der Waals surface area contributed by atoms with E-state index in [1.165, 1.54) is 50.7 Å². The average Bonchev–Trinajstić information content (AvgIpc) is 1.86. The summed E-state index contributed by atoms with van der Waals surface area (Å²) < 4.78 is 11.7. The van der Waals surface area contributed by atoms with Crippen LogP contribution in [0.3, 0.4) is 0 Å². The topological polar surface area (TPSA) is 174 Å². The highest BCUT2D eigenvalue weighted by Gasteiger charge is 2.08. The van der Waals surface area contributed by atoms with E-state index < -0.39 is 0 Å². The number of hydrogen-bond acceptors (Lipinski definition) is 10. The quantitative estimate of drug-likeness (QED) is 0.139. The maximum atomic E-state index is 4.25. The van der Waals surface area contributed by atoms with Gasteiger partial charge in [-0.25, -0.2) is 15.0 Å². The second-order valence-electron chi connectivity index (χ2n) is 26.5. The molecule has 0 fully saturated rings. The summed E-state index contributed by atoms with van der Waals surface area (Å²) in [5, 5.41) is 16.6. The number of rotatable bonds is 10. The largest absolute Gasteiger partial charge is 0.346 e. The first kappa shape index (κ1) is 82.9. The Morgan fingerprint density at radius 3 is 1.24 bits per heavy atom. The van der Waals surface area contributed by atoms with Crippen LogP contribution in [0.1, 0.15) is 277 Å². The Balaban J connectivity index is 0.000000517. The standard InChI is InChI=1S/3C8H14N2.3C8H11N.4C7H12N2/c1-6(2)8-5-9-7(3)10(8)4;1-6(2)8-5-10(4)9-7(8)3;1-6(2)8-5-7(3)9-10(8)4;1-7(2)8-3-5-9-6-4-8;1-7(2)8-4-3-5-9-6-8;1-7(2)8-5-3-4-6-9-8;1-6(2)7-4-8-5-9(7)3;1-6(2)7-4-8-9(3)5-7;1-6(2)7-4-5-8-9(7)3;1-5(2)7-4-8-6(3)9-7/h3*5-6H,1-4H3;3*3-7H,1-2H3;3*4-6H,1-3H3;4-5H,1-3H3,(H,8,9). The van der Waals surface area contributed by atoms with Gasteiger partial charge < -0.3 is 14.1 Å². The smallest absolute Gasteiger partial charge is 0.105 e. The lowest BCUT2D eigenvalue weighted by Gasteiger charge is -2.05. The molecule has 10 heterocycles. The van der Waals surface area contributed by atoms with Gasteiger partial charge in [0.2, 0.25) is 0 Å². The molecular weight excluding hydrogens is 1150 g/mol. The fourth-order valence-corrected chi connectivity index (χ4v) is 8.94. The third-order valence-corrected chi connectivity index (χ3v) is 14.8. The fraction of sp³-hybridized carbons (Fsp3) is 0.526. The molecule has 0 saturated carbocycles. The molecule has 10 aromatic rings. The highest BCUT2D eigenvalue weighted by molar-refractivity contribution is 5.19. The van der Waals surface area contributed by atoms with Crippen LogP contribution in [0.4, 0.5) is 0 Å². The molecule has 512 valence electrons. The van der Waals surface area contributed by atoms with Crippen molar-refractivity contribution >= 4 is 0 Å². The zero-order valence-corrected chi connectivity index (χ0v) is 63.1. The number of nitrogens with one attached hydrogen (secondary N) is 1. The number of aryl methyl sites for hydroxylation is 9. The molecule has 10 rings (SSSR count). The zero-order chi connectivity index (χ0) is 70.7. The van der Waals surface area contributed by atoms with E-state index in [-0.39, 0.29) is 0 Å². The first-order chi connectivity index (χ1) is 43.6. The number of nitrogens with zero attached hydrogens (tertiary/aromatic N) is 16. The number of aromatic nitrogens is 17. The van der Waals surface area contributed by atoms with Crippen molar-refractivity contribution in [3.8, 4) is 0 Å². The van der Waals surface area contributed by atoms with E-state index in [9.17, 15) is 0 Å². The van der Waals surface area contributed by atoms with Crippen LogP contribution >= 0.6 is 0 Å². The van der Waals surface area contributed by atoms with E-state index in [0.29, 0.717) is 59.2 Å². The molecule has 0 aliphatic heterocycles. The lowest BCUT2D eigenvalue weighted by atomic mass is 10.1. The second-order valence-corrected chi connectivity index (χ2v) is 26.5. The molecule has 0 unspecified atom stereocenters. The highest BCUT2D eigenvalue weighted by atomic mass is 15.3. The van der Waals surface area contributed by atoms with Crippen LogP contribution in [0.15, 0.2) is 135 Å². The summed E-state index contributed by atoms with van der Waals surface area (Å²) in [7, 11) is 11.9. The number of imidazole rings is 3. The summed E-state index contributed by atoms with van der Waals surface area (Å²) in [5.41, 5.74) is 15.1. The van der Waals surface area contributed by atoms with E-state index in [1.807, 2.05) is 190 Å². The lowest BCUT2D eigenvalue weighted by Crippen LogP contribution is -1.99. The van der Waals surface area contributed by atoms with E-state index in [1.54, 1.807) is 6.20 Å². The summed E-state index contributed by atoms with van der Waals surface area (Å²) in [4.78, 5) is 27.6. The number of H-pyrrole nitrogens is 1. The highest BCUT2D eigenvalue weighted by Crippen LogP contribution is 2.19. The van der Waals surface area contributed by atoms with Crippen LogP contribution < -0.4 is 0 Å². The molecule has 0 atom stereocenters. The third-order valence-electron chi connectivity index (χ3n) is 14.8. The molecule has 0 radical (unpaired) electrons. The van der Waals surface area contributed by atoms with E-state index in [2.05, 4.69) is 231 Å². The molecule has 0 aromatic carbocycles. The summed E-state index contributed by atoms with van der Waals surface area (Å²) in [6, 6.07) is 18.3. The van der Waals surface area contributed by atoms with Gasteiger partial charge in [-0.2, -0.15) is 20.4 Å². The van der Waals surface area contributed by atoms with Crippen molar-refractivity contribution in [1.29, 1.82) is 0 Å². The predicted molar refractivity (Wildman–Crippen MR) is 390 cm³/mol. The molecule has 0 aliphatic carbocycles. The summed E-state index contributed by atoms with van der Waals surface area (Å²) >= 11 is 0. The first-order valence-electron chi connectivity index (χ1n) is 33.2. The summed E-state index contributed by atoms with van der Waals surface area (Å²) in [6.45, 7) is 51.4. The first-order valence-corrected chi connectivity index (χ1v) is 33.2. The molecule has 10 aromatic heterocycles. The second kappa shape index (κ2) is 43.7. The molecule has 1 N–H and O–H groups in total. The van der Waals surface area contributed by atoms with Gasteiger partial charge in [-0.15, -0.1) is 0 Å². The number of aromatic amines is 1. The van der Waals surface area contributed by atoms with Gasteiger partial charge in [0.15, 0.2) is 0 Å². The molecular formula is C76H123N17. The normalized spacial score (nSPS) is 10.6. The van der Waals surface area contributed by atoms with Gasteiger partial charge >= 0.3 is 0 Å². The van der Waals surface area contributed by atoms with Crippen LogP contribution in [0.5, 0.6) is 0 Å². The van der Waals surface area contributed by atoms with Crippen molar-refractivity contribution in [3.63, 3.8) is 0 Å². The Morgan fingerprint density at radius 1 is 0.387 bits per heavy atom. The Labute approximate surface area is 562 Å². The van der Waals surface area contributed by atoms with Crippen molar-refractivity contribution in [2.75, 3.05) is 0 Å². The number of hydrogen-bond donors (Lipinski definition) is 1. The monoisotopic (exact) mass is 1270 g/mol. The Bertz CT molecular complexity index is 3200. The molecule has 17 heteroatoms. The van der Waals surface area contributed by atoms with Crippen LogP contribution in [-0.4, -0.2) is 83.1 Å². The van der Waals surface area contributed by atoms with Crippen LogP contribution in [0.2, 0.25) is 0 Å². The van der Waals surface area contributed by atoms with E-state index >= 15 is 0 Å². The maximum absolute atomic E-state index is 4.25. The molecule has 93 heavy (non-hydrogen) atoms. The van der Waals surface area contributed by atoms with Gasteiger partial charge in [0.1, 0.15) is 11.6 Å². The molecule has 0 bridgehead atoms. The van der Waals surface area contributed by atoms with Gasteiger partial charge in [-0.3, -0.25) is 33.7 Å². The van der Waals surface area contributed by atoms with Crippen LogP contribution in [0.25, 0.3) is 0 Å². The minimum atomic E-state index is 0.547. The Morgan fingerprint density at radius 2 is 0.989 bits per heavy atom. The zero-order valence-electron chi connectivity index (χ0n) is 63.1. The summed E-state index contributed by atoms with van der Waals surface area (Å²) in [6.07, 6.45) is 24.6. The SMILES string of the molecule is CC(C)c1ccccn1.CC(C)c1cccnc1.CC(C)c1ccncc1.CC(C)c1ccnn1C.CC(C)c1cncn1C.CC(C)c1cnn(C)c1.Cc1cc(C(C)C)n(C)n1.Cc1ncc(C(C)C)[nH]1.Cc1ncc(C(C)C)n1C.Cc1nn(C)cc1C(C)C. The minimum Gasteiger partial charge on any atom is -0.346 e. The van der Waals surface area contributed by atoms with Crippen molar-refractivity contribution in [2.24, 2.45) is 42.3 Å². The van der Waals surface area contributed by atoms with Gasteiger partial charge in [0.25, 0.3) is 0 Å². The molecule has 0 amide bonds. The maximum Gasteiger partial charge on any atom is 0.105 e.